The zero-order valence-corrected chi connectivity index (χ0v) is 15.0. The van der Waals surface area contributed by atoms with Crippen molar-refractivity contribution in [2.75, 3.05) is 20.1 Å². The summed E-state index contributed by atoms with van der Waals surface area (Å²) in [5.74, 6) is 0.132. The van der Waals surface area contributed by atoms with Crippen LogP contribution < -0.4 is 0 Å². The number of amides is 1. The number of furan rings is 1. The summed E-state index contributed by atoms with van der Waals surface area (Å²) in [4.78, 5) is 16.9. The molecule has 1 saturated heterocycles. The lowest BCUT2D eigenvalue weighted by Crippen LogP contribution is -2.47. The van der Waals surface area contributed by atoms with E-state index in [0.29, 0.717) is 17.4 Å². The molecule has 0 bridgehead atoms. The van der Waals surface area contributed by atoms with Crippen molar-refractivity contribution in [3.05, 3.63) is 48.0 Å². The van der Waals surface area contributed by atoms with Crippen molar-refractivity contribution in [1.82, 2.24) is 9.80 Å². The van der Waals surface area contributed by atoms with E-state index >= 15 is 0 Å². The predicted octanol–water partition coefficient (Wildman–Crippen LogP) is 4.03. The first-order valence-corrected chi connectivity index (χ1v) is 8.83. The molecule has 0 saturated carbocycles. The predicted molar refractivity (Wildman–Crippen MR) is 95.9 cm³/mol. The summed E-state index contributed by atoms with van der Waals surface area (Å²) in [5.41, 5.74) is 0.370. The maximum absolute atomic E-state index is 13.9. The molecule has 0 N–H and O–H groups in total. The molecule has 1 aromatic carbocycles. The Bertz CT molecular complexity index is 733. The number of piperidine rings is 1. The zero-order chi connectivity index (χ0) is 18.0. The van der Waals surface area contributed by atoms with E-state index in [1.54, 1.807) is 35.2 Å². The number of rotatable bonds is 4. The van der Waals surface area contributed by atoms with E-state index in [1.807, 2.05) is 7.05 Å². The number of nitrogens with zero attached hydrogens (tertiary/aromatic N) is 2. The third-order valence-electron chi connectivity index (χ3n) is 5.05. The SMILES string of the molecule is CC(C)N1CCC(N(C)C(=O)c2ccc(-c3ccccc3F)o2)CC1. The second kappa shape index (κ2) is 7.40. The molecule has 1 amide bonds. The zero-order valence-electron chi connectivity index (χ0n) is 15.0. The third kappa shape index (κ3) is 3.76. The normalized spacial score (nSPS) is 16.4. The van der Waals surface area contributed by atoms with Crippen molar-refractivity contribution in [2.24, 2.45) is 0 Å². The topological polar surface area (TPSA) is 36.7 Å². The minimum absolute atomic E-state index is 0.148. The van der Waals surface area contributed by atoms with Crippen LogP contribution in [0.1, 0.15) is 37.2 Å². The second-order valence-corrected chi connectivity index (χ2v) is 6.92. The Morgan fingerprint density at radius 3 is 2.52 bits per heavy atom. The van der Waals surface area contributed by atoms with Crippen LogP contribution in [0, 0.1) is 5.82 Å². The highest BCUT2D eigenvalue weighted by atomic mass is 19.1. The van der Waals surface area contributed by atoms with E-state index in [0.717, 1.165) is 25.9 Å². The van der Waals surface area contributed by atoms with Crippen molar-refractivity contribution in [3.63, 3.8) is 0 Å². The lowest BCUT2D eigenvalue weighted by molar-refractivity contribution is 0.0587. The van der Waals surface area contributed by atoms with Gasteiger partial charge in [-0.15, -0.1) is 0 Å². The summed E-state index contributed by atoms with van der Waals surface area (Å²) >= 11 is 0. The van der Waals surface area contributed by atoms with Crippen molar-refractivity contribution in [1.29, 1.82) is 0 Å². The summed E-state index contributed by atoms with van der Waals surface area (Å²) < 4.78 is 19.5. The van der Waals surface area contributed by atoms with Gasteiger partial charge in [0.05, 0.1) is 5.56 Å². The van der Waals surface area contributed by atoms with Gasteiger partial charge in [0.15, 0.2) is 5.76 Å². The number of halogens is 1. The molecule has 134 valence electrons. The van der Waals surface area contributed by atoms with E-state index in [-0.39, 0.29) is 23.5 Å². The van der Waals surface area contributed by atoms with Crippen LogP contribution in [0.3, 0.4) is 0 Å². The number of carbonyl (C=O) groups excluding carboxylic acids is 1. The fourth-order valence-electron chi connectivity index (χ4n) is 3.39. The number of hydrogen-bond acceptors (Lipinski definition) is 3. The molecule has 2 heterocycles. The van der Waals surface area contributed by atoms with Crippen LogP contribution >= 0.6 is 0 Å². The van der Waals surface area contributed by atoms with E-state index in [1.165, 1.54) is 6.07 Å². The van der Waals surface area contributed by atoms with E-state index in [2.05, 4.69) is 18.7 Å². The average Bonchev–Trinajstić information content (AvgIpc) is 3.10. The fraction of sp³-hybridized carbons (Fsp3) is 0.450. The molecular weight excluding hydrogens is 319 g/mol. The van der Waals surface area contributed by atoms with Gasteiger partial charge in [-0.1, -0.05) is 12.1 Å². The van der Waals surface area contributed by atoms with E-state index in [4.69, 9.17) is 4.42 Å². The number of hydrogen-bond donors (Lipinski definition) is 0. The molecule has 0 atom stereocenters. The Balaban J connectivity index is 1.69. The van der Waals surface area contributed by atoms with Gasteiger partial charge in [0.2, 0.25) is 0 Å². The van der Waals surface area contributed by atoms with Gasteiger partial charge >= 0.3 is 0 Å². The maximum atomic E-state index is 13.9. The Kier molecular flexibility index (Phi) is 5.23. The highest BCUT2D eigenvalue weighted by Crippen LogP contribution is 2.26. The molecule has 0 spiro atoms. The molecule has 0 unspecified atom stereocenters. The van der Waals surface area contributed by atoms with Crippen molar-refractivity contribution >= 4 is 5.91 Å². The lowest BCUT2D eigenvalue weighted by Gasteiger charge is -2.38. The molecule has 1 aliphatic rings. The van der Waals surface area contributed by atoms with Gasteiger partial charge in [-0.05, 0) is 51.0 Å². The molecule has 0 radical (unpaired) electrons. The minimum Gasteiger partial charge on any atom is -0.451 e. The van der Waals surface area contributed by atoms with Crippen LogP contribution in [0.2, 0.25) is 0 Å². The van der Waals surface area contributed by atoms with Crippen LogP contribution in [-0.4, -0.2) is 47.9 Å². The van der Waals surface area contributed by atoms with Crippen LogP contribution in [-0.2, 0) is 0 Å². The quantitative estimate of drug-likeness (QED) is 0.840. The van der Waals surface area contributed by atoms with Gasteiger partial charge in [0, 0.05) is 32.2 Å². The van der Waals surface area contributed by atoms with Crippen molar-refractivity contribution in [3.8, 4) is 11.3 Å². The first-order valence-electron chi connectivity index (χ1n) is 8.83. The smallest absolute Gasteiger partial charge is 0.289 e. The monoisotopic (exact) mass is 344 g/mol. The van der Waals surface area contributed by atoms with Crippen LogP contribution in [0.15, 0.2) is 40.8 Å². The highest BCUT2D eigenvalue weighted by Gasteiger charge is 2.28. The molecule has 1 aliphatic heterocycles. The van der Waals surface area contributed by atoms with E-state index in [9.17, 15) is 9.18 Å². The molecule has 1 fully saturated rings. The number of carbonyl (C=O) groups is 1. The van der Waals surface area contributed by atoms with Crippen molar-refractivity contribution < 1.29 is 13.6 Å². The first kappa shape index (κ1) is 17.7. The van der Waals surface area contributed by atoms with Gasteiger partial charge < -0.3 is 14.2 Å². The van der Waals surface area contributed by atoms with Crippen LogP contribution in [0.25, 0.3) is 11.3 Å². The minimum atomic E-state index is -0.356. The standard InChI is InChI=1S/C20H25FN2O2/c1-14(2)23-12-10-15(11-13-23)22(3)20(24)19-9-8-18(25-19)16-6-4-5-7-17(16)21/h4-9,14-15H,10-13H2,1-3H3. The van der Waals surface area contributed by atoms with Gasteiger partial charge in [0.1, 0.15) is 11.6 Å². The Morgan fingerprint density at radius 1 is 1.20 bits per heavy atom. The van der Waals surface area contributed by atoms with Gasteiger partial charge in [-0.3, -0.25) is 4.79 Å². The Hall–Kier alpha value is -2.14. The molecule has 1 aromatic heterocycles. The Morgan fingerprint density at radius 2 is 1.88 bits per heavy atom. The summed E-state index contributed by atoms with van der Waals surface area (Å²) in [6.07, 6.45) is 1.92. The highest BCUT2D eigenvalue weighted by molar-refractivity contribution is 5.92. The lowest BCUT2D eigenvalue weighted by atomic mass is 10.0. The van der Waals surface area contributed by atoms with Crippen LogP contribution in [0.4, 0.5) is 4.39 Å². The van der Waals surface area contributed by atoms with Gasteiger partial charge in [0.25, 0.3) is 5.91 Å². The number of likely N-dealkylation sites (tertiary alicyclic amines) is 1. The van der Waals surface area contributed by atoms with E-state index < -0.39 is 0 Å². The molecule has 25 heavy (non-hydrogen) atoms. The second-order valence-electron chi connectivity index (χ2n) is 6.92. The summed E-state index contributed by atoms with van der Waals surface area (Å²) in [7, 11) is 1.82. The van der Waals surface area contributed by atoms with Crippen molar-refractivity contribution in [2.45, 2.75) is 38.8 Å². The summed E-state index contributed by atoms with van der Waals surface area (Å²) in [5, 5.41) is 0. The van der Waals surface area contributed by atoms with Gasteiger partial charge in [-0.2, -0.15) is 0 Å². The molecule has 3 rings (SSSR count). The maximum Gasteiger partial charge on any atom is 0.289 e. The molecule has 0 aliphatic carbocycles. The third-order valence-corrected chi connectivity index (χ3v) is 5.05. The van der Waals surface area contributed by atoms with Gasteiger partial charge in [-0.25, -0.2) is 4.39 Å². The molecule has 4 nitrogen and oxygen atoms in total. The molecular formula is C20H25FN2O2. The molecule has 2 aromatic rings. The fourth-order valence-corrected chi connectivity index (χ4v) is 3.39. The molecule has 5 heteroatoms. The largest absolute Gasteiger partial charge is 0.451 e. The number of benzene rings is 1. The van der Waals surface area contributed by atoms with Crippen LogP contribution in [0.5, 0.6) is 0 Å². The Labute approximate surface area is 148 Å². The first-order chi connectivity index (χ1) is 12.0. The average molecular weight is 344 g/mol. The summed E-state index contributed by atoms with van der Waals surface area (Å²) in [6, 6.07) is 10.4. The summed E-state index contributed by atoms with van der Waals surface area (Å²) in [6.45, 7) is 6.39.